The Kier molecular flexibility index (Phi) is 3.89. The third kappa shape index (κ3) is 3.86. The summed E-state index contributed by atoms with van der Waals surface area (Å²) in [4.78, 5) is 11.8. The summed E-state index contributed by atoms with van der Waals surface area (Å²) >= 11 is 0. The fourth-order valence-electron chi connectivity index (χ4n) is 2.11. The Hall–Kier alpha value is -1.76. The van der Waals surface area contributed by atoms with Gasteiger partial charge in [0, 0.05) is 12.0 Å². The maximum absolute atomic E-state index is 12.2. The van der Waals surface area contributed by atoms with Crippen molar-refractivity contribution >= 4 is 11.6 Å². The molecule has 2 rings (SSSR count). The minimum atomic E-state index is -4.80. The molecule has 0 aliphatic heterocycles. The molecule has 20 heavy (non-hydrogen) atoms. The lowest BCUT2D eigenvalue weighted by Gasteiger charge is -2.37. The number of hydrogen-bond donors (Lipinski definition) is 2. The van der Waals surface area contributed by atoms with Gasteiger partial charge in [-0.1, -0.05) is 12.1 Å². The predicted molar refractivity (Wildman–Crippen MR) is 67.1 cm³/mol. The van der Waals surface area contributed by atoms with Crippen LogP contribution < -0.4 is 15.8 Å². The zero-order chi connectivity index (χ0) is 14.8. The van der Waals surface area contributed by atoms with E-state index in [4.69, 9.17) is 5.73 Å². The molecular weight excluding hydrogens is 273 g/mol. The van der Waals surface area contributed by atoms with Gasteiger partial charge in [0.05, 0.1) is 5.69 Å². The average Bonchev–Trinajstić information content (AvgIpc) is 2.27. The summed E-state index contributed by atoms with van der Waals surface area (Å²) in [6, 6.07) is 5.40. The molecule has 3 N–H and O–H groups in total. The van der Waals surface area contributed by atoms with Gasteiger partial charge in [0.2, 0.25) is 5.91 Å². The van der Waals surface area contributed by atoms with Gasteiger partial charge in [0.25, 0.3) is 0 Å². The van der Waals surface area contributed by atoms with Gasteiger partial charge in [-0.3, -0.25) is 4.79 Å². The molecule has 0 unspecified atom stereocenters. The molecule has 1 saturated carbocycles. The van der Waals surface area contributed by atoms with Gasteiger partial charge in [-0.25, -0.2) is 0 Å². The van der Waals surface area contributed by atoms with E-state index in [9.17, 15) is 18.0 Å². The van der Waals surface area contributed by atoms with Crippen molar-refractivity contribution in [3.63, 3.8) is 0 Å². The van der Waals surface area contributed by atoms with E-state index in [1.165, 1.54) is 18.2 Å². The lowest BCUT2D eigenvalue weighted by Crippen LogP contribution is -2.48. The minimum Gasteiger partial charge on any atom is -0.404 e. The Balaban J connectivity index is 2.03. The molecule has 0 atom stereocenters. The quantitative estimate of drug-likeness (QED) is 0.895. The van der Waals surface area contributed by atoms with Crippen LogP contribution in [0.3, 0.4) is 0 Å². The van der Waals surface area contributed by atoms with Crippen LogP contribution in [0.4, 0.5) is 18.9 Å². The van der Waals surface area contributed by atoms with E-state index in [0.29, 0.717) is 0 Å². The lowest BCUT2D eigenvalue weighted by molar-refractivity contribution is -0.274. The number of amides is 1. The first-order chi connectivity index (χ1) is 9.27. The Morgan fingerprint density at radius 2 is 2.00 bits per heavy atom. The van der Waals surface area contributed by atoms with E-state index in [1.54, 1.807) is 0 Å². The average molecular weight is 288 g/mol. The molecule has 0 heterocycles. The first-order valence-electron chi connectivity index (χ1n) is 6.21. The molecule has 0 spiro atoms. The van der Waals surface area contributed by atoms with Crippen LogP contribution in [0.2, 0.25) is 0 Å². The molecule has 1 aromatic carbocycles. The molecule has 4 nitrogen and oxygen atoms in total. The third-order valence-electron chi connectivity index (χ3n) is 3.25. The molecule has 1 aliphatic rings. The molecule has 0 saturated heterocycles. The molecule has 0 bridgehead atoms. The van der Waals surface area contributed by atoms with Gasteiger partial charge >= 0.3 is 6.36 Å². The second-order valence-electron chi connectivity index (χ2n) is 4.98. The van der Waals surface area contributed by atoms with Crippen LogP contribution in [-0.4, -0.2) is 17.8 Å². The number of benzene rings is 1. The van der Waals surface area contributed by atoms with Crippen LogP contribution in [0.25, 0.3) is 0 Å². The van der Waals surface area contributed by atoms with E-state index in [1.807, 2.05) is 0 Å². The highest BCUT2D eigenvalue weighted by Crippen LogP contribution is 2.34. The first kappa shape index (κ1) is 14.6. The van der Waals surface area contributed by atoms with Crippen LogP contribution >= 0.6 is 0 Å². The fraction of sp³-hybridized carbons (Fsp3) is 0.462. The number of anilines is 1. The van der Waals surface area contributed by atoms with Crippen molar-refractivity contribution in [1.82, 2.24) is 0 Å². The second-order valence-corrected chi connectivity index (χ2v) is 4.98. The molecule has 1 aromatic rings. The fourth-order valence-corrected chi connectivity index (χ4v) is 2.11. The van der Waals surface area contributed by atoms with Gasteiger partial charge in [-0.05, 0) is 31.4 Å². The highest BCUT2D eigenvalue weighted by Gasteiger charge is 2.35. The van der Waals surface area contributed by atoms with E-state index in [-0.39, 0.29) is 12.1 Å². The van der Waals surface area contributed by atoms with Crippen molar-refractivity contribution in [3.05, 3.63) is 24.3 Å². The largest absolute Gasteiger partial charge is 0.573 e. The van der Waals surface area contributed by atoms with Crippen molar-refractivity contribution in [2.75, 3.05) is 5.32 Å². The summed E-state index contributed by atoms with van der Waals surface area (Å²) in [6.07, 6.45) is -2.24. The number of hydrogen-bond acceptors (Lipinski definition) is 3. The zero-order valence-corrected chi connectivity index (χ0v) is 10.7. The van der Waals surface area contributed by atoms with Crippen molar-refractivity contribution < 1.29 is 22.7 Å². The summed E-state index contributed by atoms with van der Waals surface area (Å²) in [5, 5.41) is 2.41. The monoisotopic (exact) mass is 288 g/mol. The van der Waals surface area contributed by atoms with Gasteiger partial charge < -0.3 is 15.8 Å². The van der Waals surface area contributed by atoms with Gasteiger partial charge in [0.1, 0.15) is 0 Å². The van der Waals surface area contributed by atoms with Gasteiger partial charge in [-0.15, -0.1) is 13.2 Å². The second kappa shape index (κ2) is 5.32. The first-order valence-corrected chi connectivity index (χ1v) is 6.21. The van der Waals surface area contributed by atoms with Crippen molar-refractivity contribution in [1.29, 1.82) is 0 Å². The SMILES string of the molecule is NC1(CC(=O)Nc2ccccc2OC(F)(F)F)CCC1. The summed E-state index contributed by atoms with van der Waals surface area (Å²) < 4.78 is 40.6. The molecule has 0 aromatic heterocycles. The van der Waals surface area contributed by atoms with Crippen LogP contribution in [0.1, 0.15) is 25.7 Å². The van der Waals surface area contributed by atoms with Crippen LogP contribution in [0, 0.1) is 0 Å². The minimum absolute atomic E-state index is 0.0160. The Bertz CT molecular complexity index is 499. The number of alkyl halides is 3. The molecular formula is C13H15F3N2O2. The number of ether oxygens (including phenoxy) is 1. The number of para-hydroxylation sites is 2. The van der Waals surface area contributed by atoms with E-state index < -0.39 is 23.6 Å². The van der Waals surface area contributed by atoms with Gasteiger partial charge in [0.15, 0.2) is 5.75 Å². The number of nitrogens with one attached hydrogen (secondary N) is 1. The molecule has 110 valence electrons. The summed E-state index contributed by atoms with van der Waals surface area (Å²) in [5.41, 5.74) is 5.39. The number of carbonyl (C=O) groups is 1. The Morgan fingerprint density at radius 3 is 2.55 bits per heavy atom. The highest BCUT2D eigenvalue weighted by molar-refractivity contribution is 5.93. The molecule has 0 radical (unpaired) electrons. The zero-order valence-electron chi connectivity index (χ0n) is 10.7. The maximum atomic E-state index is 12.2. The van der Waals surface area contributed by atoms with Crippen molar-refractivity contribution in [3.8, 4) is 5.75 Å². The van der Waals surface area contributed by atoms with Gasteiger partial charge in [-0.2, -0.15) is 0 Å². The van der Waals surface area contributed by atoms with Crippen LogP contribution in [-0.2, 0) is 4.79 Å². The smallest absolute Gasteiger partial charge is 0.404 e. The summed E-state index contributed by atoms with van der Waals surface area (Å²) in [6.45, 7) is 0. The summed E-state index contributed by atoms with van der Waals surface area (Å²) in [7, 11) is 0. The lowest BCUT2D eigenvalue weighted by atomic mass is 9.75. The van der Waals surface area contributed by atoms with E-state index in [2.05, 4.69) is 10.1 Å². The number of carbonyl (C=O) groups excluding carboxylic acids is 1. The molecule has 7 heteroatoms. The Morgan fingerprint density at radius 1 is 1.35 bits per heavy atom. The normalized spacial score (nSPS) is 17.2. The summed E-state index contributed by atoms with van der Waals surface area (Å²) in [5.74, 6) is -0.849. The van der Waals surface area contributed by atoms with E-state index in [0.717, 1.165) is 25.3 Å². The van der Waals surface area contributed by atoms with Crippen LogP contribution in [0.15, 0.2) is 24.3 Å². The Labute approximate surface area is 114 Å². The number of halogens is 3. The standard InChI is InChI=1S/C13H15F3N2O2/c14-13(15,16)20-10-5-2-1-4-9(10)18-11(19)8-12(17)6-3-7-12/h1-2,4-5H,3,6-8,17H2,(H,18,19). The number of nitrogens with two attached hydrogens (primary N) is 1. The van der Waals surface area contributed by atoms with Crippen molar-refractivity contribution in [2.24, 2.45) is 5.73 Å². The molecule has 1 aliphatic carbocycles. The van der Waals surface area contributed by atoms with Crippen molar-refractivity contribution in [2.45, 2.75) is 37.6 Å². The topological polar surface area (TPSA) is 64.4 Å². The third-order valence-corrected chi connectivity index (χ3v) is 3.25. The molecule has 1 fully saturated rings. The van der Waals surface area contributed by atoms with E-state index >= 15 is 0 Å². The molecule has 1 amide bonds. The number of rotatable bonds is 4. The maximum Gasteiger partial charge on any atom is 0.573 e. The van der Waals surface area contributed by atoms with Crippen LogP contribution in [0.5, 0.6) is 5.75 Å². The highest BCUT2D eigenvalue weighted by atomic mass is 19.4. The predicted octanol–water partition coefficient (Wildman–Crippen LogP) is 2.80.